The van der Waals surface area contributed by atoms with E-state index >= 15 is 0 Å². The summed E-state index contributed by atoms with van der Waals surface area (Å²) < 4.78 is 6.06. The molecule has 21 heavy (non-hydrogen) atoms. The number of benzene rings is 1. The van der Waals surface area contributed by atoms with E-state index in [-0.39, 0.29) is 12.2 Å². The molecule has 0 radical (unpaired) electrons. The van der Waals surface area contributed by atoms with Crippen LogP contribution in [-0.2, 0) is 4.74 Å². The number of nitrogens with zero attached hydrogens (tertiary/aromatic N) is 3. The standard InChI is InChI=1S/C14H10ClN3O3/c1-2-21-14(20)10-6-16-12-9-4-3-8(15)5-11(9)17-7-18(12)13(10)19/h3-7H,2H2,1H3. The highest BCUT2D eigenvalue weighted by atomic mass is 35.5. The van der Waals surface area contributed by atoms with Gasteiger partial charge in [0.05, 0.1) is 12.1 Å². The van der Waals surface area contributed by atoms with E-state index < -0.39 is 11.5 Å². The molecule has 3 aromatic rings. The first-order valence-electron chi connectivity index (χ1n) is 6.24. The molecule has 0 unspecified atom stereocenters. The molecule has 0 aliphatic carbocycles. The Morgan fingerprint density at radius 3 is 2.95 bits per heavy atom. The first kappa shape index (κ1) is 13.5. The molecule has 0 atom stereocenters. The van der Waals surface area contributed by atoms with Crippen molar-refractivity contribution in [1.82, 2.24) is 14.4 Å². The molecule has 2 aromatic heterocycles. The van der Waals surface area contributed by atoms with Gasteiger partial charge in [0, 0.05) is 16.6 Å². The monoisotopic (exact) mass is 303 g/mol. The molecular formula is C14H10ClN3O3. The quantitative estimate of drug-likeness (QED) is 0.535. The lowest BCUT2D eigenvalue weighted by molar-refractivity contribution is 0.0523. The number of carbonyl (C=O) groups is 1. The van der Waals surface area contributed by atoms with Gasteiger partial charge in [-0.2, -0.15) is 0 Å². The topological polar surface area (TPSA) is 73.6 Å². The molecule has 3 rings (SSSR count). The number of rotatable bonds is 2. The van der Waals surface area contributed by atoms with Crippen LogP contribution in [0.5, 0.6) is 0 Å². The van der Waals surface area contributed by atoms with Crippen LogP contribution < -0.4 is 5.56 Å². The van der Waals surface area contributed by atoms with Gasteiger partial charge < -0.3 is 4.74 Å². The zero-order valence-corrected chi connectivity index (χ0v) is 11.8. The summed E-state index contributed by atoms with van der Waals surface area (Å²) in [5.41, 5.74) is 0.403. The van der Waals surface area contributed by atoms with Crippen LogP contribution in [0.1, 0.15) is 17.3 Å². The third-order valence-electron chi connectivity index (χ3n) is 3.00. The number of carbonyl (C=O) groups excluding carboxylic acids is 1. The Balaban J connectivity index is 2.31. The van der Waals surface area contributed by atoms with Gasteiger partial charge in [-0.25, -0.2) is 19.2 Å². The molecule has 0 saturated carbocycles. The fourth-order valence-corrected chi connectivity index (χ4v) is 2.21. The van der Waals surface area contributed by atoms with Crippen LogP contribution in [0, 0.1) is 0 Å². The smallest absolute Gasteiger partial charge is 0.345 e. The maximum Gasteiger partial charge on any atom is 0.345 e. The molecule has 0 spiro atoms. The van der Waals surface area contributed by atoms with E-state index in [0.717, 1.165) is 0 Å². The second kappa shape index (κ2) is 5.14. The third kappa shape index (κ3) is 2.23. The van der Waals surface area contributed by atoms with Crippen molar-refractivity contribution in [3.8, 4) is 0 Å². The predicted octanol–water partition coefficient (Wildman–Crippen LogP) is 2.07. The molecule has 0 aliphatic rings. The molecule has 0 saturated heterocycles. The summed E-state index contributed by atoms with van der Waals surface area (Å²) in [6, 6.07) is 5.11. The number of hydrogen-bond acceptors (Lipinski definition) is 5. The molecule has 0 N–H and O–H groups in total. The van der Waals surface area contributed by atoms with Gasteiger partial charge in [-0.1, -0.05) is 11.6 Å². The highest BCUT2D eigenvalue weighted by Gasteiger charge is 2.15. The predicted molar refractivity (Wildman–Crippen MR) is 77.7 cm³/mol. The highest BCUT2D eigenvalue weighted by molar-refractivity contribution is 6.31. The number of halogens is 1. The Labute approximate surface area is 124 Å². The van der Waals surface area contributed by atoms with Crippen molar-refractivity contribution in [2.75, 3.05) is 6.61 Å². The first-order valence-corrected chi connectivity index (χ1v) is 6.62. The van der Waals surface area contributed by atoms with E-state index in [1.165, 1.54) is 16.9 Å². The van der Waals surface area contributed by atoms with Gasteiger partial charge in [0.15, 0.2) is 0 Å². The van der Waals surface area contributed by atoms with Crippen LogP contribution in [0.15, 0.2) is 35.5 Å². The molecule has 6 nitrogen and oxygen atoms in total. The van der Waals surface area contributed by atoms with E-state index in [1.807, 2.05) is 0 Å². The van der Waals surface area contributed by atoms with E-state index in [2.05, 4.69) is 9.97 Å². The van der Waals surface area contributed by atoms with Crippen molar-refractivity contribution < 1.29 is 9.53 Å². The lowest BCUT2D eigenvalue weighted by atomic mass is 10.2. The van der Waals surface area contributed by atoms with Gasteiger partial charge in [-0.3, -0.25) is 4.79 Å². The van der Waals surface area contributed by atoms with Crippen molar-refractivity contribution in [3.05, 3.63) is 51.7 Å². The second-order valence-corrected chi connectivity index (χ2v) is 4.73. The maximum atomic E-state index is 12.3. The first-order chi connectivity index (χ1) is 10.1. The average Bonchev–Trinajstić information content (AvgIpc) is 2.47. The third-order valence-corrected chi connectivity index (χ3v) is 3.24. The summed E-state index contributed by atoms with van der Waals surface area (Å²) in [6.45, 7) is 1.86. The number of fused-ring (bicyclic) bond motifs is 3. The molecule has 106 valence electrons. The molecule has 0 bridgehead atoms. The number of ether oxygens (including phenoxy) is 1. The van der Waals surface area contributed by atoms with Crippen LogP contribution in [0.3, 0.4) is 0 Å². The fourth-order valence-electron chi connectivity index (χ4n) is 2.04. The molecule has 0 amide bonds. The van der Waals surface area contributed by atoms with Gasteiger partial charge in [0.2, 0.25) is 0 Å². The second-order valence-electron chi connectivity index (χ2n) is 4.30. The normalized spacial score (nSPS) is 11.0. The molecule has 7 heteroatoms. The Bertz CT molecular complexity index is 920. The minimum Gasteiger partial charge on any atom is -0.462 e. The number of esters is 1. The highest BCUT2D eigenvalue weighted by Crippen LogP contribution is 2.19. The van der Waals surface area contributed by atoms with E-state index in [1.54, 1.807) is 25.1 Å². The molecule has 2 heterocycles. The zero-order valence-electron chi connectivity index (χ0n) is 11.0. The minimum absolute atomic E-state index is 0.121. The summed E-state index contributed by atoms with van der Waals surface area (Å²) in [6.07, 6.45) is 2.55. The molecule has 0 aliphatic heterocycles. The van der Waals surface area contributed by atoms with Gasteiger partial charge in [-0.05, 0) is 25.1 Å². The van der Waals surface area contributed by atoms with Crippen LogP contribution >= 0.6 is 11.6 Å². The van der Waals surface area contributed by atoms with E-state index in [4.69, 9.17) is 16.3 Å². The SMILES string of the molecule is CCOC(=O)c1cnc2c3ccc(Cl)cc3ncn2c1=O. The Morgan fingerprint density at radius 2 is 2.19 bits per heavy atom. The van der Waals surface area contributed by atoms with Crippen molar-refractivity contribution in [1.29, 1.82) is 0 Å². The Morgan fingerprint density at radius 1 is 1.38 bits per heavy atom. The summed E-state index contributed by atoms with van der Waals surface area (Å²) in [5, 5.41) is 1.22. The maximum absolute atomic E-state index is 12.3. The minimum atomic E-state index is -0.694. The summed E-state index contributed by atoms with van der Waals surface area (Å²) in [4.78, 5) is 32.4. The summed E-state index contributed by atoms with van der Waals surface area (Å²) in [5.74, 6) is -0.694. The van der Waals surface area contributed by atoms with Crippen LogP contribution in [-0.4, -0.2) is 26.9 Å². The van der Waals surface area contributed by atoms with Crippen LogP contribution in [0.25, 0.3) is 16.6 Å². The van der Waals surface area contributed by atoms with Crippen LogP contribution in [0.4, 0.5) is 0 Å². The molecule has 0 fully saturated rings. The van der Waals surface area contributed by atoms with Gasteiger partial charge in [-0.15, -0.1) is 0 Å². The van der Waals surface area contributed by atoms with Crippen LogP contribution in [0.2, 0.25) is 5.02 Å². The van der Waals surface area contributed by atoms with Crippen molar-refractivity contribution in [2.45, 2.75) is 6.92 Å². The zero-order chi connectivity index (χ0) is 15.0. The van der Waals surface area contributed by atoms with E-state index in [9.17, 15) is 9.59 Å². The largest absolute Gasteiger partial charge is 0.462 e. The Hall–Kier alpha value is -2.47. The van der Waals surface area contributed by atoms with Crippen molar-refractivity contribution >= 4 is 34.1 Å². The number of hydrogen-bond donors (Lipinski definition) is 0. The van der Waals surface area contributed by atoms with Gasteiger partial charge in [0.25, 0.3) is 5.56 Å². The lowest BCUT2D eigenvalue weighted by Crippen LogP contribution is -2.24. The lowest BCUT2D eigenvalue weighted by Gasteiger charge is -2.06. The summed E-state index contributed by atoms with van der Waals surface area (Å²) in [7, 11) is 0. The van der Waals surface area contributed by atoms with Gasteiger partial charge in [0.1, 0.15) is 17.5 Å². The summed E-state index contributed by atoms with van der Waals surface area (Å²) >= 11 is 5.91. The van der Waals surface area contributed by atoms with E-state index in [0.29, 0.717) is 21.6 Å². The molecular weight excluding hydrogens is 294 g/mol. The number of aromatic nitrogens is 3. The van der Waals surface area contributed by atoms with Crippen molar-refractivity contribution in [3.63, 3.8) is 0 Å². The fraction of sp³-hybridized carbons (Fsp3) is 0.143. The Kier molecular flexibility index (Phi) is 3.31. The molecule has 1 aromatic carbocycles. The van der Waals surface area contributed by atoms with Gasteiger partial charge >= 0.3 is 5.97 Å². The average molecular weight is 304 g/mol. The van der Waals surface area contributed by atoms with Crippen molar-refractivity contribution in [2.24, 2.45) is 0 Å².